The molecule has 0 aliphatic carbocycles. The topological polar surface area (TPSA) is 66.5 Å². The zero-order chi connectivity index (χ0) is 21.4. The second kappa shape index (κ2) is 7.83. The number of hydrogen-bond acceptors (Lipinski definition) is 4. The number of anilines is 2. The average molecular weight is 449 g/mol. The van der Waals surface area contributed by atoms with Crippen molar-refractivity contribution in [1.82, 2.24) is 0 Å². The number of rotatable bonds is 4. The van der Waals surface area contributed by atoms with E-state index in [-0.39, 0.29) is 10.8 Å². The summed E-state index contributed by atoms with van der Waals surface area (Å²) in [6, 6.07) is 21.8. The van der Waals surface area contributed by atoms with Gasteiger partial charge >= 0.3 is 0 Å². The molecule has 1 aliphatic rings. The van der Waals surface area contributed by atoms with Crippen molar-refractivity contribution < 1.29 is 13.2 Å². The lowest BCUT2D eigenvalue weighted by Gasteiger charge is -2.29. The standard InChI is InChI=1S/C24H20N2O3S2/c27-24(22-10-5-15-30-22)26-14-4-8-18-12-13-19(16-21(18)26)25-31(28,29)23-11-3-7-17-6-1-2-9-20(17)23/h1-3,5-7,9-13,15-16,25H,4,8,14H2. The fraction of sp³-hybridized carbons (Fsp3) is 0.125. The number of sulfonamides is 1. The van der Waals surface area contributed by atoms with E-state index in [2.05, 4.69) is 4.72 Å². The van der Waals surface area contributed by atoms with Gasteiger partial charge in [0.1, 0.15) is 0 Å². The van der Waals surface area contributed by atoms with Crippen LogP contribution in [0.15, 0.2) is 83.1 Å². The molecular formula is C24H20N2O3S2. The molecule has 3 aromatic carbocycles. The summed E-state index contributed by atoms with van der Waals surface area (Å²) in [7, 11) is -3.80. The van der Waals surface area contributed by atoms with Gasteiger partial charge in [0.05, 0.1) is 15.5 Å². The number of thiophene rings is 1. The molecule has 1 aromatic heterocycles. The number of fused-ring (bicyclic) bond motifs is 2. The summed E-state index contributed by atoms with van der Waals surface area (Å²) in [5.74, 6) is -0.0509. The number of aryl methyl sites for hydroxylation is 1. The molecule has 0 fully saturated rings. The van der Waals surface area contributed by atoms with Gasteiger partial charge in [-0.3, -0.25) is 9.52 Å². The van der Waals surface area contributed by atoms with E-state index in [1.54, 1.807) is 35.2 Å². The molecule has 1 amide bonds. The van der Waals surface area contributed by atoms with Gasteiger partial charge in [0.25, 0.3) is 15.9 Å². The van der Waals surface area contributed by atoms with Crippen LogP contribution in [0.1, 0.15) is 21.7 Å². The van der Waals surface area contributed by atoms with E-state index < -0.39 is 10.0 Å². The quantitative estimate of drug-likeness (QED) is 0.461. The minimum atomic E-state index is -3.80. The molecule has 1 N–H and O–H groups in total. The lowest BCUT2D eigenvalue weighted by Crippen LogP contribution is -2.35. The molecule has 31 heavy (non-hydrogen) atoms. The molecule has 0 atom stereocenters. The molecule has 2 heterocycles. The Morgan fingerprint density at radius 3 is 2.65 bits per heavy atom. The van der Waals surface area contributed by atoms with Gasteiger partial charge in [-0.1, -0.05) is 48.5 Å². The van der Waals surface area contributed by atoms with Gasteiger partial charge in [-0.05, 0) is 53.4 Å². The molecule has 4 aromatic rings. The van der Waals surface area contributed by atoms with E-state index >= 15 is 0 Å². The highest BCUT2D eigenvalue weighted by atomic mass is 32.2. The third kappa shape index (κ3) is 3.71. The van der Waals surface area contributed by atoms with E-state index in [9.17, 15) is 13.2 Å². The van der Waals surface area contributed by atoms with Crippen LogP contribution in [-0.4, -0.2) is 20.9 Å². The Kier molecular flexibility index (Phi) is 5.00. The van der Waals surface area contributed by atoms with Gasteiger partial charge in [0.2, 0.25) is 0 Å². The number of carbonyl (C=O) groups excluding carboxylic acids is 1. The second-order valence-corrected chi connectivity index (χ2v) is 10.1. The molecule has 7 heteroatoms. The Balaban J connectivity index is 1.51. The van der Waals surface area contributed by atoms with Crippen LogP contribution >= 0.6 is 11.3 Å². The number of carbonyl (C=O) groups is 1. The first kappa shape index (κ1) is 19.8. The van der Waals surface area contributed by atoms with Crippen LogP contribution in [0.2, 0.25) is 0 Å². The molecule has 0 saturated carbocycles. The zero-order valence-electron chi connectivity index (χ0n) is 16.6. The van der Waals surface area contributed by atoms with Crippen LogP contribution in [0.3, 0.4) is 0 Å². The number of nitrogens with zero attached hydrogens (tertiary/aromatic N) is 1. The van der Waals surface area contributed by atoms with Crippen molar-refractivity contribution in [3.8, 4) is 0 Å². The van der Waals surface area contributed by atoms with E-state index in [0.29, 0.717) is 22.5 Å². The van der Waals surface area contributed by atoms with Crippen molar-refractivity contribution in [2.75, 3.05) is 16.2 Å². The molecule has 0 spiro atoms. The summed E-state index contributed by atoms with van der Waals surface area (Å²) >= 11 is 1.41. The monoisotopic (exact) mass is 448 g/mol. The highest BCUT2D eigenvalue weighted by Crippen LogP contribution is 2.33. The van der Waals surface area contributed by atoms with Gasteiger partial charge in [-0.15, -0.1) is 11.3 Å². The third-order valence-electron chi connectivity index (χ3n) is 5.47. The van der Waals surface area contributed by atoms with Crippen molar-refractivity contribution >= 4 is 49.4 Å². The smallest absolute Gasteiger partial charge is 0.268 e. The van der Waals surface area contributed by atoms with Gasteiger partial charge in [0.15, 0.2) is 0 Å². The Bertz CT molecular complexity index is 1370. The Morgan fingerprint density at radius 1 is 0.968 bits per heavy atom. The van der Waals surface area contributed by atoms with Crippen LogP contribution in [-0.2, 0) is 16.4 Å². The summed E-state index contributed by atoms with van der Waals surface area (Å²) in [6.45, 7) is 0.614. The second-order valence-electron chi connectivity index (χ2n) is 7.46. The summed E-state index contributed by atoms with van der Waals surface area (Å²) in [5.41, 5.74) is 2.25. The van der Waals surface area contributed by atoms with Crippen LogP contribution in [0, 0.1) is 0 Å². The predicted octanol–water partition coefficient (Wildman–Crippen LogP) is 5.30. The first-order valence-corrected chi connectivity index (χ1v) is 12.4. The highest BCUT2D eigenvalue weighted by Gasteiger charge is 2.25. The molecule has 1 aliphatic heterocycles. The molecular weight excluding hydrogens is 428 g/mol. The van der Waals surface area contributed by atoms with E-state index in [1.165, 1.54) is 11.3 Å². The number of hydrogen-bond donors (Lipinski definition) is 1. The third-order valence-corrected chi connectivity index (χ3v) is 7.77. The maximum atomic E-state index is 13.2. The van der Waals surface area contributed by atoms with Crippen LogP contribution < -0.4 is 9.62 Å². The van der Waals surface area contributed by atoms with Gasteiger partial charge in [-0.2, -0.15) is 0 Å². The van der Waals surface area contributed by atoms with E-state index in [0.717, 1.165) is 29.5 Å². The van der Waals surface area contributed by atoms with Crippen LogP contribution in [0.5, 0.6) is 0 Å². The van der Waals surface area contributed by atoms with Gasteiger partial charge in [-0.25, -0.2) is 8.42 Å². The normalized spacial score (nSPS) is 13.7. The lowest BCUT2D eigenvalue weighted by molar-refractivity contribution is 0.0989. The first-order valence-electron chi connectivity index (χ1n) is 10.0. The maximum Gasteiger partial charge on any atom is 0.268 e. The number of nitrogens with one attached hydrogen (secondary N) is 1. The van der Waals surface area contributed by atoms with Crippen molar-refractivity contribution in [1.29, 1.82) is 0 Å². The average Bonchev–Trinajstić information content (AvgIpc) is 3.32. The number of amides is 1. The van der Waals surface area contributed by atoms with Crippen molar-refractivity contribution in [2.45, 2.75) is 17.7 Å². The Hall–Kier alpha value is -3.16. The highest BCUT2D eigenvalue weighted by molar-refractivity contribution is 7.93. The molecule has 0 radical (unpaired) electrons. The molecule has 156 valence electrons. The molecule has 0 bridgehead atoms. The lowest BCUT2D eigenvalue weighted by atomic mass is 10.0. The van der Waals surface area contributed by atoms with Crippen LogP contribution in [0.25, 0.3) is 10.8 Å². The molecule has 0 saturated heterocycles. The summed E-state index contributed by atoms with van der Waals surface area (Å²) in [5, 5.41) is 3.42. The summed E-state index contributed by atoms with van der Waals surface area (Å²) < 4.78 is 29.1. The van der Waals surface area contributed by atoms with Gasteiger partial charge < -0.3 is 4.90 Å². The summed E-state index contributed by atoms with van der Waals surface area (Å²) in [6.07, 6.45) is 1.74. The number of benzene rings is 3. The van der Waals surface area contributed by atoms with E-state index in [4.69, 9.17) is 0 Å². The maximum absolute atomic E-state index is 13.2. The van der Waals surface area contributed by atoms with Crippen molar-refractivity contribution in [3.05, 3.63) is 88.6 Å². The van der Waals surface area contributed by atoms with E-state index in [1.807, 2.05) is 47.8 Å². The summed E-state index contributed by atoms with van der Waals surface area (Å²) in [4.78, 5) is 15.6. The zero-order valence-corrected chi connectivity index (χ0v) is 18.2. The van der Waals surface area contributed by atoms with Crippen LogP contribution in [0.4, 0.5) is 11.4 Å². The van der Waals surface area contributed by atoms with Crippen molar-refractivity contribution in [2.24, 2.45) is 0 Å². The van der Waals surface area contributed by atoms with Crippen molar-refractivity contribution in [3.63, 3.8) is 0 Å². The fourth-order valence-electron chi connectivity index (χ4n) is 4.02. The predicted molar refractivity (Wildman–Crippen MR) is 126 cm³/mol. The minimum absolute atomic E-state index is 0.0509. The minimum Gasteiger partial charge on any atom is -0.307 e. The first-order chi connectivity index (χ1) is 15.0. The molecule has 5 rings (SSSR count). The Labute approximate surface area is 185 Å². The Morgan fingerprint density at radius 2 is 1.81 bits per heavy atom. The molecule has 0 unspecified atom stereocenters. The fourth-order valence-corrected chi connectivity index (χ4v) is 5.97. The largest absolute Gasteiger partial charge is 0.307 e. The molecule has 5 nitrogen and oxygen atoms in total. The SMILES string of the molecule is O=C(c1cccs1)N1CCCc2ccc(NS(=O)(=O)c3cccc4ccccc34)cc21. The van der Waals surface area contributed by atoms with Gasteiger partial charge in [0, 0.05) is 17.6 Å².